The lowest BCUT2D eigenvalue weighted by Gasteiger charge is -1.82. The number of aromatic nitrogens is 3. The van der Waals surface area contributed by atoms with E-state index >= 15 is 0 Å². The van der Waals surface area contributed by atoms with Crippen molar-refractivity contribution in [3.63, 3.8) is 0 Å². The number of hydrogen-bond acceptors (Lipinski definition) is 4. The monoisotopic (exact) mass is 148 g/mol. The summed E-state index contributed by atoms with van der Waals surface area (Å²) >= 11 is 5.19. The Hall–Kier alpha value is -1.17. The lowest BCUT2D eigenvalue weighted by Crippen LogP contribution is -1.87. The van der Waals surface area contributed by atoms with E-state index in [-0.39, 0.29) is 5.15 Å². The average molecular weight is 149 g/mol. The third-order valence-corrected chi connectivity index (χ3v) is 0.915. The van der Waals surface area contributed by atoms with Crippen LogP contribution in [0.5, 0.6) is 0 Å². The molecule has 0 aromatic carbocycles. The highest BCUT2D eigenvalue weighted by Crippen LogP contribution is 2.15. The molecule has 0 unspecified atom stereocenters. The normalized spacial score (nSPS) is 9.44. The van der Waals surface area contributed by atoms with E-state index in [1.807, 2.05) is 5.21 Å². The Balaban J connectivity index is 3.08. The highest BCUT2D eigenvalue weighted by molar-refractivity contribution is 6.31. The molecule has 0 bridgehead atoms. The SMILES string of the molecule is O=[N+]([O-])c1n[nH]nc1Cl. The van der Waals surface area contributed by atoms with E-state index in [4.69, 9.17) is 11.6 Å². The van der Waals surface area contributed by atoms with E-state index in [0.29, 0.717) is 0 Å². The Morgan fingerprint density at radius 2 is 2.33 bits per heavy atom. The van der Waals surface area contributed by atoms with Crippen molar-refractivity contribution in [2.75, 3.05) is 0 Å². The zero-order valence-electron chi connectivity index (χ0n) is 4.04. The third-order valence-electron chi connectivity index (χ3n) is 0.662. The Morgan fingerprint density at radius 1 is 1.67 bits per heavy atom. The van der Waals surface area contributed by atoms with Gasteiger partial charge in [-0.25, -0.2) is 0 Å². The van der Waals surface area contributed by atoms with E-state index in [1.54, 1.807) is 0 Å². The maximum absolute atomic E-state index is 9.88. The molecular formula is C2HClN4O2. The van der Waals surface area contributed by atoms with Crippen LogP contribution in [0.3, 0.4) is 0 Å². The molecule has 1 heterocycles. The molecule has 1 rings (SSSR count). The van der Waals surface area contributed by atoms with E-state index in [9.17, 15) is 10.1 Å². The standard InChI is InChI=1S/C2HClN4O2/c3-1-2(7(8)9)5-6-4-1/h(H,4,5,6). The van der Waals surface area contributed by atoms with Crippen LogP contribution in [0, 0.1) is 10.1 Å². The van der Waals surface area contributed by atoms with Gasteiger partial charge in [-0.2, -0.15) is 0 Å². The van der Waals surface area contributed by atoms with Crippen LogP contribution < -0.4 is 0 Å². The fourth-order valence-electron chi connectivity index (χ4n) is 0.329. The second-order valence-corrected chi connectivity index (χ2v) is 1.55. The number of rotatable bonds is 1. The minimum Gasteiger partial charge on any atom is -0.358 e. The lowest BCUT2D eigenvalue weighted by molar-refractivity contribution is -0.389. The van der Waals surface area contributed by atoms with Gasteiger partial charge in [0.2, 0.25) is 0 Å². The molecule has 9 heavy (non-hydrogen) atoms. The number of nitrogens with one attached hydrogen (secondary N) is 1. The van der Waals surface area contributed by atoms with Gasteiger partial charge in [0.15, 0.2) is 0 Å². The molecule has 1 aromatic heterocycles. The first-order chi connectivity index (χ1) is 4.22. The van der Waals surface area contributed by atoms with Crippen molar-refractivity contribution in [1.29, 1.82) is 0 Å². The van der Waals surface area contributed by atoms with Crippen molar-refractivity contribution in [3.8, 4) is 0 Å². The van der Waals surface area contributed by atoms with E-state index in [1.165, 1.54) is 0 Å². The predicted octanol–water partition coefficient (Wildman–Crippen LogP) is 0.366. The quantitative estimate of drug-likeness (QED) is 0.461. The maximum atomic E-state index is 9.88. The summed E-state index contributed by atoms with van der Waals surface area (Å²) in [5.74, 6) is -0.448. The fraction of sp³-hybridized carbons (Fsp3) is 0. The number of hydrogen-bond donors (Lipinski definition) is 1. The summed E-state index contributed by atoms with van der Waals surface area (Å²) in [6.07, 6.45) is 0. The topological polar surface area (TPSA) is 84.7 Å². The van der Waals surface area contributed by atoms with Gasteiger partial charge in [-0.05, 0) is 4.92 Å². The number of nitrogens with zero attached hydrogens (tertiary/aromatic N) is 3. The van der Waals surface area contributed by atoms with Crippen LogP contribution in [0.25, 0.3) is 0 Å². The number of H-pyrrole nitrogens is 1. The molecule has 0 saturated heterocycles. The van der Waals surface area contributed by atoms with Gasteiger partial charge in [0.1, 0.15) is 0 Å². The minimum absolute atomic E-state index is 0.222. The van der Waals surface area contributed by atoms with Crippen LogP contribution in [0.15, 0.2) is 0 Å². The molecule has 0 saturated carbocycles. The molecule has 1 aromatic rings. The lowest BCUT2D eigenvalue weighted by atomic mass is 10.8. The van der Waals surface area contributed by atoms with E-state index in [2.05, 4.69) is 10.2 Å². The first kappa shape index (κ1) is 5.96. The molecule has 0 atom stereocenters. The summed E-state index contributed by atoms with van der Waals surface area (Å²) in [5.41, 5.74) is 0. The minimum atomic E-state index is -0.716. The zero-order valence-corrected chi connectivity index (χ0v) is 4.79. The van der Waals surface area contributed by atoms with E-state index in [0.717, 1.165) is 0 Å². The summed E-state index contributed by atoms with van der Waals surface area (Å²) in [4.78, 5) is 9.17. The van der Waals surface area contributed by atoms with E-state index < -0.39 is 10.7 Å². The van der Waals surface area contributed by atoms with Crippen LogP contribution in [0.2, 0.25) is 5.15 Å². The molecule has 1 N–H and O–H groups in total. The molecule has 48 valence electrons. The van der Waals surface area contributed by atoms with Gasteiger partial charge in [-0.1, -0.05) is 16.8 Å². The Bertz CT molecular complexity index is 232. The summed E-state index contributed by atoms with van der Waals surface area (Å²) in [6.45, 7) is 0. The largest absolute Gasteiger partial charge is 0.429 e. The Morgan fingerprint density at radius 3 is 2.56 bits per heavy atom. The van der Waals surface area contributed by atoms with Gasteiger partial charge in [-0.15, -0.1) is 5.10 Å². The fourth-order valence-corrected chi connectivity index (χ4v) is 0.478. The first-order valence-corrected chi connectivity index (χ1v) is 2.30. The summed E-state index contributed by atoms with van der Waals surface area (Å²) < 4.78 is 0. The predicted molar refractivity (Wildman–Crippen MR) is 28.0 cm³/mol. The second-order valence-electron chi connectivity index (χ2n) is 1.20. The van der Waals surface area contributed by atoms with Gasteiger partial charge in [0.25, 0.3) is 5.15 Å². The van der Waals surface area contributed by atoms with Crippen LogP contribution in [0.1, 0.15) is 0 Å². The van der Waals surface area contributed by atoms with Gasteiger partial charge in [0.05, 0.1) is 5.10 Å². The van der Waals surface area contributed by atoms with Gasteiger partial charge in [-0.3, -0.25) is 0 Å². The first-order valence-electron chi connectivity index (χ1n) is 1.92. The molecule has 0 aliphatic carbocycles. The second kappa shape index (κ2) is 1.98. The zero-order chi connectivity index (χ0) is 6.85. The van der Waals surface area contributed by atoms with Crippen LogP contribution in [-0.2, 0) is 0 Å². The molecule has 0 radical (unpaired) electrons. The Labute approximate surface area is 54.0 Å². The van der Waals surface area contributed by atoms with Crippen molar-refractivity contribution < 1.29 is 4.92 Å². The maximum Gasteiger partial charge on any atom is 0.429 e. The molecule has 0 aliphatic heterocycles. The molecule has 6 nitrogen and oxygen atoms in total. The highest BCUT2D eigenvalue weighted by Gasteiger charge is 2.15. The molecule has 0 fully saturated rings. The van der Waals surface area contributed by atoms with Crippen LogP contribution in [0.4, 0.5) is 5.82 Å². The summed E-state index contributed by atoms with van der Waals surface area (Å²) in [6, 6.07) is 0. The van der Waals surface area contributed by atoms with Crippen molar-refractivity contribution in [2.24, 2.45) is 0 Å². The molecule has 0 aliphatic rings. The molecular weight excluding hydrogens is 148 g/mol. The van der Waals surface area contributed by atoms with Gasteiger partial charge >= 0.3 is 5.82 Å². The summed E-state index contributed by atoms with van der Waals surface area (Å²) in [7, 11) is 0. The van der Waals surface area contributed by atoms with Crippen LogP contribution in [-0.4, -0.2) is 20.3 Å². The number of halogens is 1. The van der Waals surface area contributed by atoms with Crippen molar-refractivity contribution in [1.82, 2.24) is 15.4 Å². The average Bonchev–Trinajstić information content (AvgIpc) is 2.13. The van der Waals surface area contributed by atoms with Crippen molar-refractivity contribution >= 4 is 17.4 Å². The smallest absolute Gasteiger partial charge is 0.358 e. The third kappa shape index (κ3) is 0.968. The molecule has 7 heteroatoms. The van der Waals surface area contributed by atoms with Gasteiger partial charge in [0, 0.05) is 0 Å². The molecule has 0 amide bonds. The number of aromatic amines is 1. The van der Waals surface area contributed by atoms with Crippen molar-refractivity contribution in [3.05, 3.63) is 15.3 Å². The van der Waals surface area contributed by atoms with Crippen LogP contribution >= 0.6 is 11.6 Å². The summed E-state index contributed by atoms with van der Waals surface area (Å²) in [5, 5.41) is 18.0. The highest BCUT2D eigenvalue weighted by atomic mass is 35.5. The molecule has 0 spiro atoms. The van der Waals surface area contributed by atoms with Gasteiger partial charge < -0.3 is 10.1 Å². The number of nitro groups is 1. The van der Waals surface area contributed by atoms with Crippen molar-refractivity contribution in [2.45, 2.75) is 0 Å². The Kier molecular flexibility index (Phi) is 1.31.